The lowest BCUT2D eigenvalue weighted by atomic mass is 10.1. The van der Waals surface area contributed by atoms with Crippen LogP contribution in [0, 0.1) is 6.92 Å². The van der Waals surface area contributed by atoms with Gasteiger partial charge in [-0.1, -0.05) is 15.9 Å². The van der Waals surface area contributed by atoms with E-state index in [1.54, 1.807) is 96.5 Å². The van der Waals surface area contributed by atoms with Gasteiger partial charge in [-0.2, -0.15) is 0 Å². The number of pyridine rings is 2. The van der Waals surface area contributed by atoms with E-state index >= 15 is 0 Å². The molecule has 4 aromatic rings. The average Bonchev–Trinajstić information content (AvgIpc) is 3.38. The summed E-state index contributed by atoms with van der Waals surface area (Å²) in [6, 6.07) is 13.5. The van der Waals surface area contributed by atoms with E-state index in [1.807, 2.05) is 6.92 Å². The van der Waals surface area contributed by atoms with Gasteiger partial charge in [0.05, 0.1) is 16.9 Å². The van der Waals surface area contributed by atoms with Gasteiger partial charge in [-0.25, -0.2) is 9.13 Å². The van der Waals surface area contributed by atoms with Crippen LogP contribution in [-0.2, 0) is 14.1 Å². The van der Waals surface area contributed by atoms with Crippen molar-refractivity contribution < 1.29 is 28.3 Å². The zero-order valence-corrected chi connectivity index (χ0v) is 27.2. The number of Topliss-reactive ketones (excluding diaryl/α,β-unsaturated/α-hetero) is 2. The average molecular weight is 753 g/mol. The van der Waals surface area contributed by atoms with Crippen LogP contribution in [0.25, 0.3) is 0 Å². The molecule has 0 saturated carbocycles. The third-order valence-electron chi connectivity index (χ3n) is 7.05. The zero-order chi connectivity index (χ0) is 30.0. The van der Waals surface area contributed by atoms with Crippen molar-refractivity contribution in [3.8, 4) is 0 Å². The maximum Gasteiger partial charge on any atom is 0.269 e. The molecule has 0 radical (unpaired) electrons. The van der Waals surface area contributed by atoms with Crippen molar-refractivity contribution in [2.45, 2.75) is 6.92 Å². The molecule has 0 unspecified atom stereocenters. The summed E-state index contributed by atoms with van der Waals surface area (Å²) in [5.74, 6) is -2.14. The molecule has 42 heavy (non-hydrogen) atoms. The van der Waals surface area contributed by atoms with E-state index in [4.69, 9.17) is 0 Å². The fourth-order valence-electron chi connectivity index (χ4n) is 5.30. The second-order valence-electron chi connectivity index (χ2n) is 10.1. The first kappa shape index (κ1) is 28.3. The summed E-state index contributed by atoms with van der Waals surface area (Å²) in [4.78, 5) is 59.7. The Balaban J connectivity index is 1.69. The van der Waals surface area contributed by atoms with Crippen LogP contribution in [0.15, 0.2) is 98.1 Å². The van der Waals surface area contributed by atoms with Crippen LogP contribution in [0.5, 0.6) is 0 Å². The normalized spacial score (nSPS) is 15.8. The second-order valence-corrected chi connectivity index (χ2v) is 12.7. The van der Waals surface area contributed by atoms with Gasteiger partial charge in [0.1, 0.15) is 36.6 Å². The quantitative estimate of drug-likeness (QED) is 0.199. The fourth-order valence-corrected chi connectivity index (χ4v) is 7.46. The SMILES string of the molecule is Cc1cc(Br)c2c(c1)C(=O)/C(=C1/C(=O)c3cc(Br)cc(Br)c3N1C(=O)c1ccc[n+](C)c1)N2C(=O)c1ccc[n+](C)c1. The van der Waals surface area contributed by atoms with Crippen LogP contribution in [0.1, 0.15) is 47.0 Å². The molecule has 11 heteroatoms. The number of allylic oxidation sites excluding steroid dienone is 2. The predicted octanol–water partition coefficient (Wildman–Crippen LogP) is 5.53. The van der Waals surface area contributed by atoms with E-state index in [1.165, 1.54) is 9.80 Å². The molecule has 0 saturated heterocycles. The minimum Gasteiger partial charge on any atom is -0.287 e. The Kier molecular flexibility index (Phi) is 7.07. The van der Waals surface area contributed by atoms with E-state index in [9.17, 15) is 19.2 Å². The molecule has 2 aromatic heterocycles. The third kappa shape index (κ3) is 4.47. The van der Waals surface area contributed by atoms with Crippen molar-refractivity contribution in [3.63, 3.8) is 0 Å². The summed E-state index contributed by atoms with van der Waals surface area (Å²) >= 11 is 10.5. The molecule has 208 valence electrons. The standard InChI is InChI=1S/C31H21Br3N4O4/c1-16-10-20-24(22(33)11-16)37(30(41)17-6-4-8-35(2)14-17)26(28(20)39)27-29(40)21-12-19(32)13-23(34)25(21)38(27)31(42)18-7-5-9-36(3)15-18/h4-15H,1-3H3/q+2/b27-26+. The van der Waals surface area contributed by atoms with Crippen molar-refractivity contribution in [1.82, 2.24) is 0 Å². The van der Waals surface area contributed by atoms with Gasteiger partial charge in [-0.3, -0.25) is 29.0 Å². The first-order valence-electron chi connectivity index (χ1n) is 12.7. The summed E-state index contributed by atoms with van der Waals surface area (Å²) in [6.07, 6.45) is 6.84. The Hall–Kier alpha value is -3.80. The van der Waals surface area contributed by atoms with Crippen molar-refractivity contribution in [2.75, 3.05) is 9.80 Å². The van der Waals surface area contributed by atoms with Crippen LogP contribution in [0.4, 0.5) is 11.4 Å². The van der Waals surface area contributed by atoms with Crippen LogP contribution >= 0.6 is 47.8 Å². The number of anilines is 2. The number of rotatable bonds is 2. The van der Waals surface area contributed by atoms with Gasteiger partial charge in [-0.05, 0) is 80.7 Å². The van der Waals surface area contributed by atoms with Crippen LogP contribution in [-0.4, -0.2) is 23.4 Å². The number of aryl methyl sites for hydroxylation is 3. The zero-order valence-electron chi connectivity index (χ0n) is 22.5. The van der Waals surface area contributed by atoms with E-state index in [0.717, 1.165) is 5.56 Å². The van der Waals surface area contributed by atoms with Gasteiger partial charge in [0.2, 0.25) is 11.6 Å². The molecule has 6 rings (SSSR count). The lowest BCUT2D eigenvalue weighted by Crippen LogP contribution is -2.38. The molecule has 2 aliphatic rings. The summed E-state index contributed by atoms with van der Waals surface area (Å²) in [5, 5.41) is 0. The van der Waals surface area contributed by atoms with Crippen molar-refractivity contribution in [1.29, 1.82) is 0 Å². The summed E-state index contributed by atoms with van der Waals surface area (Å²) in [6.45, 7) is 1.84. The maximum atomic E-state index is 14.3. The number of halogens is 3. The molecule has 8 nitrogen and oxygen atoms in total. The molecule has 2 aliphatic heterocycles. The second kappa shape index (κ2) is 10.5. The van der Waals surface area contributed by atoms with Crippen molar-refractivity contribution in [2.24, 2.45) is 14.1 Å². The molecule has 2 amide bonds. The highest BCUT2D eigenvalue weighted by Gasteiger charge is 2.49. The van der Waals surface area contributed by atoms with Gasteiger partial charge in [0.25, 0.3) is 11.8 Å². The maximum absolute atomic E-state index is 14.3. The highest BCUT2D eigenvalue weighted by molar-refractivity contribution is 9.11. The molecule has 0 bridgehead atoms. The van der Waals surface area contributed by atoms with Gasteiger partial charge in [0, 0.05) is 31.1 Å². The third-order valence-corrected chi connectivity index (χ3v) is 8.72. The Morgan fingerprint density at radius 2 is 1.14 bits per heavy atom. The van der Waals surface area contributed by atoms with Crippen LogP contribution < -0.4 is 18.9 Å². The number of aromatic nitrogens is 2. The molecule has 0 aliphatic carbocycles. The number of carbonyl (C=O) groups is 4. The van der Waals surface area contributed by atoms with Gasteiger partial charge >= 0.3 is 0 Å². The molecule has 0 fully saturated rings. The first-order chi connectivity index (χ1) is 20.0. The van der Waals surface area contributed by atoms with Crippen molar-refractivity contribution >= 4 is 82.5 Å². The van der Waals surface area contributed by atoms with E-state index in [2.05, 4.69) is 47.8 Å². The number of hydrogen-bond acceptors (Lipinski definition) is 4. The number of hydrogen-bond donors (Lipinski definition) is 0. The molecule has 0 atom stereocenters. The molecule has 0 spiro atoms. The minimum absolute atomic E-state index is 0.189. The van der Waals surface area contributed by atoms with Gasteiger partial charge in [0.15, 0.2) is 24.8 Å². The molecule has 0 N–H and O–H groups in total. The minimum atomic E-state index is -0.555. The van der Waals surface area contributed by atoms with E-state index < -0.39 is 23.4 Å². The molecule has 2 aromatic carbocycles. The Morgan fingerprint density at radius 3 is 1.62 bits per heavy atom. The molecule has 4 heterocycles. The number of carbonyl (C=O) groups excluding carboxylic acids is 4. The number of nitrogens with zero attached hydrogens (tertiary/aromatic N) is 4. The molecular formula is C31H21Br3N4O4+2. The lowest BCUT2D eigenvalue weighted by molar-refractivity contribution is -0.671. The Bertz CT molecular complexity index is 1810. The Morgan fingerprint density at radius 1 is 0.690 bits per heavy atom. The van der Waals surface area contributed by atoms with Crippen LogP contribution in [0.3, 0.4) is 0 Å². The summed E-state index contributed by atoms with van der Waals surface area (Å²) in [5.41, 5.74) is 2.06. The highest BCUT2D eigenvalue weighted by Crippen LogP contribution is 2.48. The Labute approximate surface area is 266 Å². The van der Waals surface area contributed by atoms with Gasteiger partial charge < -0.3 is 0 Å². The predicted molar refractivity (Wildman–Crippen MR) is 165 cm³/mol. The topological polar surface area (TPSA) is 82.5 Å². The lowest BCUT2D eigenvalue weighted by Gasteiger charge is -2.25. The molecular weight excluding hydrogens is 732 g/mol. The number of amides is 2. The number of fused-ring (bicyclic) bond motifs is 2. The largest absolute Gasteiger partial charge is 0.287 e. The summed E-state index contributed by atoms with van der Waals surface area (Å²) < 4.78 is 5.03. The summed E-state index contributed by atoms with van der Waals surface area (Å²) in [7, 11) is 3.56. The number of ketones is 2. The fraction of sp³-hybridized carbons (Fsp3) is 0.0968. The van der Waals surface area contributed by atoms with Crippen molar-refractivity contribution in [3.05, 3.63) is 126 Å². The highest BCUT2D eigenvalue weighted by atomic mass is 79.9. The van der Waals surface area contributed by atoms with Gasteiger partial charge in [-0.15, -0.1) is 0 Å². The van der Waals surface area contributed by atoms with E-state index in [-0.39, 0.29) is 22.5 Å². The first-order valence-corrected chi connectivity index (χ1v) is 15.1. The smallest absolute Gasteiger partial charge is 0.269 e. The monoisotopic (exact) mass is 750 g/mol. The van der Waals surface area contributed by atoms with Crippen LogP contribution in [0.2, 0.25) is 0 Å². The number of benzene rings is 2. The van der Waals surface area contributed by atoms with E-state index in [0.29, 0.717) is 35.9 Å².